The van der Waals surface area contributed by atoms with Crippen molar-refractivity contribution in [2.45, 2.75) is 12.8 Å². The minimum atomic E-state index is -0.183. The number of halogens is 2. The number of amides is 2. The van der Waals surface area contributed by atoms with Crippen LogP contribution >= 0.6 is 23.2 Å². The van der Waals surface area contributed by atoms with Gasteiger partial charge >= 0.3 is 0 Å². The van der Waals surface area contributed by atoms with Crippen LogP contribution in [0.4, 0.5) is 0 Å². The summed E-state index contributed by atoms with van der Waals surface area (Å²) < 4.78 is 0. The van der Waals surface area contributed by atoms with E-state index in [4.69, 9.17) is 23.2 Å². The second-order valence-electron chi connectivity index (χ2n) is 12.4. The quantitative estimate of drug-likeness (QED) is 0.119. The van der Waals surface area contributed by atoms with Gasteiger partial charge in [0.1, 0.15) is 0 Å². The molecule has 4 aromatic carbocycles. The van der Waals surface area contributed by atoms with Crippen LogP contribution < -0.4 is 0 Å². The minimum Gasteiger partial charge on any atom is -0.301 e. The first-order valence-electron chi connectivity index (χ1n) is 16.4. The Morgan fingerprint density at radius 2 is 0.840 bits per heavy atom. The summed E-state index contributed by atoms with van der Waals surface area (Å²) in [7, 11) is 0. The molecule has 50 heavy (non-hydrogen) atoms. The fraction of sp³-hybridized carbons (Fsp3) is 0.200. The molecule has 0 radical (unpaired) electrons. The molecular weight excluding hydrogens is 671 g/mol. The highest BCUT2D eigenvalue weighted by molar-refractivity contribution is 6.31. The summed E-state index contributed by atoms with van der Waals surface area (Å²) in [4.78, 5) is 61.4. The maximum absolute atomic E-state index is 13.5. The van der Waals surface area contributed by atoms with E-state index in [1.165, 1.54) is 0 Å². The second-order valence-corrected chi connectivity index (χ2v) is 13.2. The molecule has 254 valence electrons. The van der Waals surface area contributed by atoms with Crippen LogP contribution in [0.5, 0.6) is 0 Å². The van der Waals surface area contributed by atoms with Crippen molar-refractivity contribution in [1.82, 2.24) is 19.6 Å². The molecule has 0 N–H and O–H groups in total. The standard InChI is InChI=1S/C40H36Cl2N4O4/c41-35-17-13-29(14-18-35)37(47)33-23-43(27-45(25-33)39(49)31-9-3-1-4-10-31)21-7-8-22-44-24-34(38(48)30-15-19-36(42)20-16-30)26-46(28-44)40(50)32-11-5-2-6-12-32/h1-6,9-20,25-26H,7-8,21-24,27-28H2. The van der Waals surface area contributed by atoms with E-state index in [0.717, 1.165) is 12.8 Å². The molecule has 2 aliphatic rings. The molecule has 0 saturated heterocycles. The smallest absolute Gasteiger partial charge is 0.258 e. The highest BCUT2D eigenvalue weighted by Crippen LogP contribution is 2.22. The number of ketones is 2. The van der Waals surface area contributed by atoms with Gasteiger partial charge < -0.3 is 9.80 Å². The third kappa shape index (κ3) is 8.64. The Morgan fingerprint density at radius 1 is 0.480 bits per heavy atom. The van der Waals surface area contributed by atoms with Gasteiger partial charge in [-0.25, -0.2) is 0 Å². The van der Waals surface area contributed by atoms with Crippen molar-refractivity contribution in [3.8, 4) is 0 Å². The number of unbranched alkanes of at least 4 members (excludes halogenated alkanes) is 1. The Bertz CT molecular complexity index is 1770. The van der Waals surface area contributed by atoms with Gasteiger partial charge in [-0.2, -0.15) is 0 Å². The summed E-state index contributed by atoms with van der Waals surface area (Å²) in [6.45, 7) is 2.75. The molecule has 0 unspecified atom stereocenters. The zero-order valence-corrected chi connectivity index (χ0v) is 28.9. The summed E-state index contributed by atoms with van der Waals surface area (Å²) in [5, 5.41) is 1.08. The van der Waals surface area contributed by atoms with E-state index in [9.17, 15) is 19.2 Å². The molecular formula is C40H36Cl2N4O4. The minimum absolute atomic E-state index is 0.154. The van der Waals surface area contributed by atoms with Gasteiger partial charge in [0.2, 0.25) is 0 Å². The number of hydrogen-bond donors (Lipinski definition) is 0. The highest BCUT2D eigenvalue weighted by Gasteiger charge is 2.29. The first-order chi connectivity index (χ1) is 24.2. The Balaban J connectivity index is 1.13. The van der Waals surface area contributed by atoms with E-state index in [2.05, 4.69) is 9.80 Å². The van der Waals surface area contributed by atoms with E-state index in [0.29, 0.717) is 83.0 Å². The molecule has 0 aliphatic carbocycles. The fourth-order valence-corrected chi connectivity index (χ4v) is 6.35. The van der Waals surface area contributed by atoms with Crippen molar-refractivity contribution in [3.05, 3.63) is 165 Å². The van der Waals surface area contributed by atoms with Crippen molar-refractivity contribution >= 4 is 46.6 Å². The van der Waals surface area contributed by atoms with Gasteiger partial charge in [0, 0.05) is 82.0 Å². The van der Waals surface area contributed by atoms with Gasteiger partial charge in [-0.3, -0.25) is 29.0 Å². The van der Waals surface area contributed by atoms with Crippen LogP contribution in [-0.2, 0) is 0 Å². The lowest BCUT2D eigenvalue weighted by atomic mass is 10.0. The number of hydrogen-bond acceptors (Lipinski definition) is 6. The lowest BCUT2D eigenvalue weighted by Gasteiger charge is -2.35. The molecule has 2 heterocycles. The molecule has 0 atom stereocenters. The SMILES string of the molecule is O=C(C1=CN(C(=O)c2ccccc2)CN(CCCCN2CC(C(=O)c3ccc(Cl)cc3)=CN(C(=O)c3ccccc3)C2)C1)c1ccc(Cl)cc1. The van der Waals surface area contributed by atoms with E-state index in [-0.39, 0.29) is 23.4 Å². The summed E-state index contributed by atoms with van der Waals surface area (Å²) in [6.07, 6.45) is 4.87. The average Bonchev–Trinajstić information content (AvgIpc) is 3.16. The van der Waals surface area contributed by atoms with Crippen molar-refractivity contribution in [2.75, 3.05) is 39.5 Å². The molecule has 10 heteroatoms. The van der Waals surface area contributed by atoms with Crippen LogP contribution in [0.15, 0.2) is 133 Å². The summed E-state index contributed by atoms with van der Waals surface area (Å²) in [6, 6.07) is 31.5. The average molecular weight is 708 g/mol. The van der Waals surface area contributed by atoms with Crippen molar-refractivity contribution in [3.63, 3.8) is 0 Å². The van der Waals surface area contributed by atoms with Gasteiger partial charge in [0.25, 0.3) is 11.8 Å². The van der Waals surface area contributed by atoms with Gasteiger partial charge in [-0.15, -0.1) is 0 Å². The van der Waals surface area contributed by atoms with Crippen molar-refractivity contribution < 1.29 is 19.2 Å². The van der Waals surface area contributed by atoms with Crippen LogP contribution in [-0.4, -0.2) is 82.5 Å². The van der Waals surface area contributed by atoms with Crippen LogP contribution in [0.25, 0.3) is 0 Å². The summed E-state index contributed by atoms with van der Waals surface area (Å²) in [5.74, 6) is -0.674. The zero-order valence-electron chi connectivity index (χ0n) is 27.4. The number of carbonyl (C=O) groups excluding carboxylic acids is 4. The maximum atomic E-state index is 13.5. The third-order valence-electron chi connectivity index (χ3n) is 8.67. The monoisotopic (exact) mass is 706 g/mol. The fourth-order valence-electron chi connectivity index (χ4n) is 6.10. The number of benzene rings is 4. The molecule has 8 nitrogen and oxygen atoms in total. The van der Waals surface area contributed by atoms with Crippen LogP contribution in [0.2, 0.25) is 10.0 Å². The normalized spacial score (nSPS) is 15.3. The van der Waals surface area contributed by atoms with Crippen molar-refractivity contribution in [1.29, 1.82) is 0 Å². The summed E-state index contributed by atoms with van der Waals surface area (Å²) >= 11 is 12.1. The number of carbonyl (C=O) groups is 4. The number of Topliss-reactive ketones (excluding diaryl/α,β-unsaturated/α-hetero) is 2. The topological polar surface area (TPSA) is 81.2 Å². The van der Waals surface area contributed by atoms with E-state index >= 15 is 0 Å². The molecule has 0 aromatic heterocycles. The molecule has 2 aliphatic heterocycles. The Labute approximate surface area is 301 Å². The predicted molar refractivity (Wildman–Crippen MR) is 195 cm³/mol. The predicted octanol–water partition coefficient (Wildman–Crippen LogP) is 7.44. The van der Waals surface area contributed by atoms with Crippen LogP contribution in [0.3, 0.4) is 0 Å². The van der Waals surface area contributed by atoms with E-state index in [1.54, 1.807) is 95.0 Å². The molecule has 0 spiro atoms. The zero-order chi connectivity index (χ0) is 35.0. The molecule has 2 amide bonds. The largest absolute Gasteiger partial charge is 0.301 e. The first kappa shape index (κ1) is 35.0. The van der Waals surface area contributed by atoms with Gasteiger partial charge in [-0.1, -0.05) is 59.6 Å². The first-order valence-corrected chi connectivity index (χ1v) is 17.2. The molecule has 0 fully saturated rings. The maximum Gasteiger partial charge on any atom is 0.258 e. The lowest BCUT2D eigenvalue weighted by Crippen LogP contribution is -2.46. The van der Waals surface area contributed by atoms with E-state index < -0.39 is 0 Å². The molecule has 6 rings (SSSR count). The molecule has 4 aromatic rings. The molecule has 0 saturated carbocycles. The Morgan fingerprint density at radius 3 is 1.20 bits per heavy atom. The van der Waals surface area contributed by atoms with Crippen LogP contribution in [0, 0.1) is 0 Å². The van der Waals surface area contributed by atoms with E-state index in [1.807, 2.05) is 36.4 Å². The van der Waals surface area contributed by atoms with Gasteiger partial charge in [0.05, 0.1) is 13.3 Å². The second kappa shape index (κ2) is 16.2. The lowest BCUT2D eigenvalue weighted by molar-refractivity contribution is 0.0670. The molecule has 0 bridgehead atoms. The van der Waals surface area contributed by atoms with Crippen LogP contribution in [0.1, 0.15) is 54.3 Å². The Hall–Kier alpha value is -4.86. The summed E-state index contributed by atoms with van der Waals surface area (Å²) in [5.41, 5.74) is 3.13. The Kier molecular flexibility index (Phi) is 11.4. The van der Waals surface area contributed by atoms with Gasteiger partial charge in [0.15, 0.2) is 11.6 Å². The third-order valence-corrected chi connectivity index (χ3v) is 9.18. The number of rotatable bonds is 11. The van der Waals surface area contributed by atoms with Gasteiger partial charge in [-0.05, 0) is 85.6 Å². The van der Waals surface area contributed by atoms with Crippen molar-refractivity contribution in [2.24, 2.45) is 0 Å². The highest BCUT2D eigenvalue weighted by atomic mass is 35.5. The number of nitrogens with zero attached hydrogens (tertiary/aromatic N) is 4.